The van der Waals surface area contributed by atoms with Crippen molar-refractivity contribution in [1.29, 1.82) is 0 Å². The molecule has 1 unspecified atom stereocenters. The average Bonchev–Trinajstić information content (AvgIpc) is 2.35. The number of Topliss-reactive ketones (excluding diaryl/α,β-unsaturated/α-hetero) is 1. The molecule has 1 aliphatic rings. The van der Waals surface area contributed by atoms with Crippen LogP contribution in [0.15, 0.2) is 18.2 Å². The van der Waals surface area contributed by atoms with Gasteiger partial charge in [-0.05, 0) is 19.1 Å². The van der Waals surface area contributed by atoms with Gasteiger partial charge in [0.2, 0.25) is 0 Å². The van der Waals surface area contributed by atoms with Crippen LogP contribution in [0.25, 0.3) is 0 Å². The minimum Gasteiger partial charge on any atom is -0.337 e. The summed E-state index contributed by atoms with van der Waals surface area (Å²) in [6.45, 7) is 4.38. The lowest BCUT2D eigenvalue weighted by Gasteiger charge is -2.30. The van der Waals surface area contributed by atoms with Gasteiger partial charge in [-0.1, -0.05) is 18.6 Å². The topological polar surface area (TPSA) is 37.4 Å². The highest BCUT2D eigenvalue weighted by molar-refractivity contribution is 5.96. The van der Waals surface area contributed by atoms with Gasteiger partial charge in [-0.25, -0.2) is 4.39 Å². The number of benzene rings is 1. The summed E-state index contributed by atoms with van der Waals surface area (Å²) >= 11 is 0. The normalized spacial score (nSPS) is 20.1. The van der Waals surface area contributed by atoms with Gasteiger partial charge in [0.05, 0.1) is 5.56 Å². The van der Waals surface area contributed by atoms with Crippen LogP contribution in [0.5, 0.6) is 0 Å². The zero-order valence-corrected chi connectivity index (χ0v) is 10.6. The van der Waals surface area contributed by atoms with E-state index >= 15 is 0 Å². The largest absolute Gasteiger partial charge is 0.337 e. The number of hydrogen-bond donors (Lipinski definition) is 0. The smallest absolute Gasteiger partial charge is 0.256 e. The van der Waals surface area contributed by atoms with Crippen molar-refractivity contribution in [3.8, 4) is 0 Å². The summed E-state index contributed by atoms with van der Waals surface area (Å²) in [7, 11) is 0. The molecule has 0 bridgehead atoms. The fraction of sp³-hybridized carbons (Fsp3) is 0.429. The molecule has 2 rings (SSSR count). The van der Waals surface area contributed by atoms with E-state index in [1.54, 1.807) is 24.0 Å². The molecule has 1 saturated heterocycles. The Labute approximate surface area is 106 Å². The number of ketones is 1. The molecule has 3 nitrogen and oxygen atoms in total. The molecule has 96 valence electrons. The SMILES string of the molecule is Cc1ccc(F)c(C(=O)N2CCC(=O)C(C)C2)c1. The van der Waals surface area contributed by atoms with Gasteiger partial charge in [0.1, 0.15) is 11.6 Å². The van der Waals surface area contributed by atoms with Crippen LogP contribution >= 0.6 is 0 Å². The Morgan fingerprint density at radius 1 is 1.44 bits per heavy atom. The second-order valence-corrected chi connectivity index (χ2v) is 4.85. The van der Waals surface area contributed by atoms with Gasteiger partial charge in [0, 0.05) is 25.4 Å². The maximum Gasteiger partial charge on any atom is 0.256 e. The lowest BCUT2D eigenvalue weighted by Crippen LogP contribution is -2.43. The van der Waals surface area contributed by atoms with E-state index in [-0.39, 0.29) is 23.2 Å². The number of carbonyl (C=O) groups excluding carboxylic acids is 2. The molecule has 1 aromatic rings. The fourth-order valence-electron chi connectivity index (χ4n) is 2.17. The van der Waals surface area contributed by atoms with Crippen molar-refractivity contribution in [2.24, 2.45) is 5.92 Å². The van der Waals surface area contributed by atoms with E-state index in [4.69, 9.17) is 0 Å². The minimum absolute atomic E-state index is 0.0940. The van der Waals surface area contributed by atoms with E-state index < -0.39 is 5.82 Å². The van der Waals surface area contributed by atoms with Crippen molar-refractivity contribution in [3.63, 3.8) is 0 Å². The third-order valence-electron chi connectivity index (χ3n) is 3.31. The van der Waals surface area contributed by atoms with Crippen LogP contribution in [0.4, 0.5) is 4.39 Å². The molecule has 4 heteroatoms. The van der Waals surface area contributed by atoms with Crippen LogP contribution in [-0.2, 0) is 4.79 Å². The molecule has 1 fully saturated rings. The van der Waals surface area contributed by atoms with E-state index in [2.05, 4.69) is 0 Å². The molecule has 1 amide bonds. The number of carbonyl (C=O) groups is 2. The monoisotopic (exact) mass is 249 g/mol. The van der Waals surface area contributed by atoms with Gasteiger partial charge < -0.3 is 4.90 Å². The maximum absolute atomic E-state index is 13.6. The van der Waals surface area contributed by atoms with Crippen molar-refractivity contribution >= 4 is 11.7 Å². The fourth-order valence-corrected chi connectivity index (χ4v) is 2.17. The number of aryl methyl sites for hydroxylation is 1. The van der Waals surface area contributed by atoms with Crippen molar-refractivity contribution in [2.75, 3.05) is 13.1 Å². The van der Waals surface area contributed by atoms with Crippen molar-refractivity contribution in [1.82, 2.24) is 4.90 Å². The number of piperidine rings is 1. The van der Waals surface area contributed by atoms with Crippen LogP contribution < -0.4 is 0 Å². The quantitative estimate of drug-likeness (QED) is 0.765. The Balaban J connectivity index is 2.21. The number of rotatable bonds is 1. The van der Waals surface area contributed by atoms with Gasteiger partial charge in [0.15, 0.2) is 0 Å². The Kier molecular flexibility index (Phi) is 3.45. The predicted molar refractivity (Wildman–Crippen MR) is 65.8 cm³/mol. The summed E-state index contributed by atoms with van der Waals surface area (Å²) < 4.78 is 13.6. The molecule has 0 N–H and O–H groups in total. The van der Waals surface area contributed by atoms with Crippen LogP contribution in [0.1, 0.15) is 29.3 Å². The summed E-state index contributed by atoms with van der Waals surface area (Å²) in [5, 5.41) is 0. The van der Waals surface area contributed by atoms with E-state index in [1.165, 1.54) is 6.07 Å². The number of amides is 1. The van der Waals surface area contributed by atoms with Crippen LogP contribution in [0.2, 0.25) is 0 Å². The van der Waals surface area contributed by atoms with E-state index in [0.29, 0.717) is 19.5 Å². The zero-order valence-electron chi connectivity index (χ0n) is 10.6. The molecule has 0 spiro atoms. The summed E-state index contributed by atoms with van der Waals surface area (Å²) in [6, 6.07) is 4.49. The molecule has 1 heterocycles. The highest BCUT2D eigenvalue weighted by Gasteiger charge is 2.28. The Morgan fingerprint density at radius 3 is 2.83 bits per heavy atom. The summed E-state index contributed by atoms with van der Waals surface area (Å²) in [4.78, 5) is 25.2. The third-order valence-corrected chi connectivity index (χ3v) is 3.31. The molecule has 0 saturated carbocycles. The molecule has 1 aliphatic heterocycles. The summed E-state index contributed by atoms with van der Waals surface area (Å²) in [5.74, 6) is -0.815. The van der Waals surface area contributed by atoms with Crippen molar-refractivity contribution in [2.45, 2.75) is 20.3 Å². The number of hydrogen-bond acceptors (Lipinski definition) is 2. The first-order valence-corrected chi connectivity index (χ1v) is 6.07. The lowest BCUT2D eigenvalue weighted by atomic mass is 9.97. The second kappa shape index (κ2) is 4.88. The third kappa shape index (κ3) is 2.42. The first-order valence-electron chi connectivity index (χ1n) is 6.07. The average molecular weight is 249 g/mol. The Bertz CT molecular complexity index is 499. The van der Waals surface area contributed by atoms with Gasteiger partial charge in [-0.2, -0.15) is 0 Å². The molecule has 18 heavy (non-hydrogen) atoms. The van der Waals surface area contributed by atoms with Crippen LogP contribution in [0, 0.1) is 18.7 Å². The van der Waals surface area contributed by atoms with Gasteiger partial charge in [-0.3, -0.25) is 9.59 Å². The number of halogens is 1. The lowest BCUT2D eigenvalue weighted by molar-refractivity contribution is -0.124. The van der Waals surface area contributed by atoms with Crippen molar-refractivity contribution < 1.29 is 14.0 Å². The Morgan fingerprint density at radius 2 is 2.17 bits per heavy atom. The highest BCUT2D eigenvalue weighted by atomic mass is 19.1. The van der Waals surface area contributed by atoms with Gasteiger partial charge in [-0.15, -0.1) is 0 Å². The minimum atomic E-state index is -0.504. The van der Waals surface area contributed by atoms with Gasteiger partial charge >= 0.3 is 0 Å². The molecule has 0 radical (unpaired) electrons. The number of nitrogens with zero attached hydrogens (tertiary/aromatic N) is 1. The van der Waals surface area contributed by atoms with E-state index in [1.807, 2.05) is 6.92 Å². The van der Waals surface area contributed by atoms with Gasteiger partial charge in [0.25, 0.3) is 5.91 Å². The predicted octanol–water partition coefficient (Wildman–Crippen LogP) is 2.19. The first-order chi connectivity index (χ1) is 8.49. The molecule has 1 aromatic carbocycles. The zero-order chi connectivity index (χ0) is 13.3. The van der Waals surface area contributed by atoms with E-state index in [0.717, 1.165) is 5.56 Å². The molecule has 0 aliphatic carbocycles. The Hall–Kier alpha value is -1.71. The van der Waals surface area contributed by atoms with Crippen LogP contribution in [-0.4, -0.2) is 29.7 Å². The summed E-state index contributed by atoms with van der Waals surface area (Å²) in [5.41, 5.74) is 0.942. The van der Waals surface area contributed by atoms with Crippen molar-refractivity contribution in [3.05, 3.63) is 35.1 Å². The maximum atomic E-state index is 13.6. The van der Waals surface area contributed by atoms with Crippen LogP contribution in [0.3, 0.4) is 0 Å². The summed E-state index contributed by atoms with van der Waals surface area (Å²) in [6.07, 6.45) is 0.361. The molecule has 0 aromatic heterocycles. The van der Waals surface area contributed by atoms with E-state index in [9.17, 15) is 14.0 Å². The molecular weight excluding hydrogens is 233 g/mol. The second-order valence-electron chi connectivity index (χ2n) is 4.85. The molecule has 1 atom stereocenters. The standard InChI is InChI=1S/C14H16FNO2/c1-9-3-4-12(15)11(7-9)14(18)16-6-5-13(17)10(2)8-16/h3-4,7,10H,5-6,8H2,1-2H3. The highest BCUT2D eigenvalue weighted by Crippen LogP contribution is 2.18. The number of likely N-dealkylation sites (tertiary alicyclic amines) is 1. The molecular formula is C14H16FNO2. The first kappa shape index (κ1) is 12.7.